The Bertz CT molecular complexity index is 1090. The molecule has 0 aliphatic rings. The fourth-order valence-electron chi connectivity index (χ4n) is 2.87. The number of carboxylic acid groups (broad SMARTS) is 2. The number of aromatic amines is 2. The van der Waals surface area contributed by atoms with E-state index < -0.39 is 17.7 Å². The van der Waals surface area contributed by atoms with Gasteiger partial charge in [0.25, 0.3) is 0 Å². The Morgan fingerprint density at radius 3 is 1.61 bits per heavy atom. The number of benzene rings is 2. The number of aromatic nitrogens is 2. The molecule has 2 aromatic carbocycles. The zero-order valence-corrected chi connectivity index (χ0v) is 14.8. The second-order valence-electron chi connectivity index (χ2n) is 6.24. The molecule has 7 heteroatoms. The minimum Gasteiger partial charge on any atom is -0.481 e. The van der Waals surface area contributed by atoms with E-state index in [0.717, 1.165) is 27.5 Å². The van der Waals surface area contributed by atoms with E-state index in [2.05, 4.69) is 9.97 Å². The molecular weight excluding hydrogens is 360 g/mol. The van der Waals surface area contributed by atoms with Crippen LogP contribution >= 0.6 is 0 Å². The maximum absolute atomic E-state index is 11.0. The summed E-state index contributed by atoms with van der Waals surface area (Å²) in [6.07, 6.45) is -0.0430. The van der Waals surface area contributed by atoms with Gasteiger partial charge in [0.2, 0.25) is 5.78 Å². The van der Waals surface area contributed by atoms with Crippen LogP contribution in [0.4, 0.5) is 0 Å². The molecule has 2 heterocycles. The molecule has 7 nitrogen and oxygen atoms in total. The first-order valence-electron chi connectivity index (χ1n) is 8.53. The number of H-pyrrole nitrogens is 2. The maximum atomic E-state index is 11.0. The fourth-order valence-corrected chi connectivity index (χ4v) is 2.87. The van der Waals surface area contributed by atoms with Gasteiger partial charge in [-0.25, -0.2) is 4.79 Å². The number of fused-ring (bicyclic) bond motifs is 2. The van der Waals surface area contributed by atoms with Crippen LogP contribution in [0.2, 0.25) is 0 Å². The van der Waals surface area contributed by atoms with E-state index in [-0.39, 0.29) is 12.8 Å². The third-order valence-corrected chi connectivity index (χ3v) is 4.10. The van der Waals surface area contributed by atoms with Gasteiger partial charge in [-0.15, -0.1) is 0 Å². The number of Topliss-reactive ketones (excluding diaryl/α,β-unsaturated/α-hetero) is 1. The molecule has 4 aromatic rings. The van der Waals surface area contributed by atoms with Crippen molar-refractivity contribution in [1.82, 2.24) is 9.97 Å². The number of carbonyl (C=O) groups is 3. The zero-order valence-electron chi connectivity index (χ0n) is 14.8. The standard InChI is InChI=1S/C11H9NO3.C10H9NO2/c13-10(11(14)15)6-8-5-7-3-1-2-4-9(7)12-8;12-10(13)6-8-5-7-3-1-2-4-9(7)11-8/h1-5,12H,6H2,(H,14,15);1-5,11H,6H2,(H,12,13). The lowest BCUT2D eigenvalue weighted by atomic mass is 10.2. The van der Waals surface area contributed by atoms with Gasteiger partial charge in [-0.1, -0.05) is 36.4 Å². The molecule has 0 saturated heterocycles. The Hall–Kier alpha value is -3.87. The van der Waals surface area contributed by atoms with Crippen molar-refractivity contribution in [3.63, 3.8) is 0 Å². The number of para-hydroxylation sites is 2. The van der Waals surface area contributed by atoms with Gasteiger partial charge in [-0.3, -0.25) is 9.59 Å². The van der Waals surface area contributed by atoms with E-state index in [1.54, 1.807) is 6.07 Å². The molecule has 0 bridgehead atoms. The predicted molar refractivity (Wildman–Crippen MR) is 104 cm³/mol. The van der Waals surface area contributed by atoms with Crippen molar-refractivity contribution in [2.24, 2.45) is 0 Å². The van der Waals surface area contributed by atoms with Crippen LogP contribution in [-0.4, -0.2) is 37.9 Å². The van der Waals surface area contributed by atoms with Crippen molar-refractivity contribution in [2.45, 2.75) is 12.8 Å². The monoisotopic (exact) mass is 378 g/mol. The fraction of sp³-hybridized carbons (Fsp3) is 0.0952. The highest BCUT2D eigenvalue weighted by atomic mass is 16.4. The average Bonchev–Trinajstić information content (AvgIpc) is 3.23. The summed E-state index contributed by atoms with van der Waals surface area (Å²) >= 11 is 0. The van der Waals surface area contributed by atoms with Crippen molar-refractivity contribution in [1.29, 1.82) is 0 Å². The van der Waals surface area contributed by atoms with Gasteiger partial charge in [0.05, 0.1) is 12.8 Å². The zero-order chi connectivity index (χ0) is 20.1. The van der Waals surface area contributed by atoms with Gasteiger partial charge >= 0.3 is 11.9 Å². The molecule has 0 saturated carbocycles. The van der Waals surface area contributed by atoms with Gasteiger partial charge in [0.15, 0.2) is 0 Å². The Kier molecular flexibility index (Phi) is 5.55. The van der Waals surface area contributed by atoms with Gasteiger partial charge in [-0.2, -0.15) is 0 Å². The maximum Gasteiger partial charge on any atom is 0.372 e. The molecule has 0 aliphatic carbocycles. The molecule has 4 rings (SSSR count). The minimum absolute atomic E-state index is 0.0503. The number of carboxylic acids is 2. The van der Waals surface area contributed by atoms with Crippen LogP contribution in [0.5, 0.6) is 0 Å². The van der Waals surface area contributed by atoms with E-state index >= 15 is 0 Å². The van der Waals surface area contributed by atoms with Gasteiger partial charge < -0.3 is 20.2 Å². The number of aliphatic carboxylic acids is 2. The molecule has 0 atom stereocenters. The molecule has 2 aromatic heterocycles. The highest BCUT2D eigenvalue weighted by Crippen LogP contribution is 2.15. The van der Waals surface area contributed by atoms with Crippen LogP contribution in [-0.2, 0) is 27.2 Å². The third-order valence-electron chi connectivity index (χ3n) is 4.10. The third kappa shape index (κ3) is 4.64. The lowest BCUT2D eigenvalue weighted by Crippen LogP contribution is -2.15. The Morgan fingerprint density at radius 1 is 0.714 bits per heavy atom. The van der Waals surface area contributed by atoms with E-state index in [9.17, 15) is 14.4 Å². The van der Waals surface area contributed by atoms with Crippen molar-refractivity contribution in [3.8, 4) is 0 Å². The van der Waals surface area contributed by atoms with E-state index in [1.165, 1.54) is 0 Å². The van der Waals surface area contributed by atoms with Crippen LogP contribution in [0.15, 0.2) is 60.7 Å². The number of carbonyl (C=O) groups excluding carboxylic acids is 1. The Labute approximate surface area is 159 Å². The normalized spacial score (nSPS) is 10.4. The molecule has 0 amide bonds. The Morgan fingerprint density at radius 2 is 1.18 bits per heavy atom. The smallest absolute Gasteiger partial charge is 0.372 e. The molecule has 4 N–H and O–H groups in total. The predicted octanol–water partition coefficient (Wildman–Crippen LogP) is 3.16. The summed E-state index contributed by atoms with van der Waals surface area (Å²) in [7, 11) is 0. The minimum atomic E-state index is -1.39. The van der Waals surface area contributed by atoms with Crippen LogP contribution in [0.3, 0.4) is 0 Å². The average molecular weight is 378 g/mol. The highest BCUT2D eigenvalue weighted by molar-refractivity contribution is 6.33. The first kappa shape index (κ1) is 18.9. The van der Waals surface area contributed by atoms with E-state index in [4.69, 9.17) is 10.2 Å². The topological polar surface area (TPSA) is 123 Å². The lowest BCUT2D eigenvalue weighted by Gasteiger charge is -1.91. The lowest BCUT2D eigenvalue weighted by molar-refractivity contribution is -0.148. The number of ketones is 1. The largest absolute Gasteiger partial charge is 0.481 e. The number of hydrogen-bond acceptors (Lipinski definition) is 3. The van der Waals surface area contributed by atoms with Crippen LogP contribution in [0.25, 0.3) is 21.8 Å². The molecule has 0 spiro atoms. The summed E-state index contributed by atoms with van der Waals surface area (Å²) in [4.78, 5) is 37.8. The van der Waals surface area contributed by atoms with Crippen molar-refractivity contribution >= 4 is 39.5 Å². The number of rotatable bonds is 5. The van der Waals surface area contributed by atoms with Crippen molar-refractivity contribution in [2.75, 3.05) is 0 Å². The summed E-state index contributed by atoms with van der Waals surface area (Å²) in [6, 6.07) is 18.9. The van der Waals surface area contributed by atoms with Gasteiger partial charge in [0.1, 0.15) is 0 Å². The molecule has 0 aliphatic heterocycles. The molecule has 0 fully saturated rings. The quantitative estimate of drug-likeness (QED) is 0.397. The first-order valence-corrected chi connectivity index (χ1v) is 8.53. The molecule has 0 unspecified atom stereocenters. The Balaban J connectivity index is 0.000000162. The van der Waals surface area contributed by atoms with E-state index in [1.807, 2.05) is 54.6 Å². The van der Waals surface area contributed by atoms with Crippen LogP contribution in [0.1, 0.15) is 11.4 Å². The van der Waals surface area contributed by atoms with Gasteiger partial charge in [0, 0.05) is 22.4 Å². The number of nitrogens with one attached hydrogen (secondary N) is 2. The molecular formula is C21H18N2O5. The van der Waals surface area contributed by atoms with Crippen molar-refractivity contribution < 1.29 is 24.6 Å². The summed E-state index contributed by atoms with van der Waals surface area (Å²) in [6.45, 7) is 0. The summed E-state index contributed by atoms with van der Waals surface area (Å²) in [5.74, 6) is -3.01. The second kappa shape index (κ2) is 8.22. The molecule has 0 radical (unpaired) electrons. The first-order chi connectivity index (χ1) is 13.4. The van der Waals surface area contributed by atoms with Crippen molar-refractivity contribution in [3.05, 3.63) is 72.1 Å². The van der Waals surface area contributed by atoms with Gasteiger partial charge in [-0.05, 0) is 35.0 Å². The summed E-state index contributed by atoms with van der Waals surface area (Å²) in [5.41, 5.74) is 3.27. The second-order valence-corrected chi connectivity index (χ2v) is 6.24. The highest BCUT2D eigenvalue weighted by Gasteiger charge is 2.13. The SMILES string of the molecule is O=C(O)C(=O)Cc1cc2ccccc2[nH]1.O=C(O)Cc1cc2ccccc2[nH]1. The number of hydrogen-bond donors (Lipinski definition) is 4. The molecule has 28 heavy (non-hydrogen) atoms. The van der Waals surface area contributed by atoms with Crippen LogP contribution < -0.4 is 0 Å². The summed E-state index contributed by atoms with van der Waals surface area (Å²) in [5, 5.41) is 19.1. The van der Waals surface area contributed by atoms with E-state index in [0.29, 0.717) is 5.69 Å². The molecule has 142 valence electrons. The summed E-state index contributed by atoms with van der Waals surface area (Å²) < 4.78 is 0. The van der Waals surface area contributed by atoms with Crippen LogP contribution in [0, 0.1) is 0 Å².